The summed E-state index contributed by atoms with van der Waals surface area (Å²) in [6.45, 7) is 12.7. The third kappa shape index (κ3) is 3.14. The first-order valence-corrected chi connectivity index (χ1v) is 11.3. The molecule has 2 aromatic carbocycles. The number of fused-ring (bicyclic) bond motifs is 2. The Hall–Kier alpha value is -2.61. The Kier molecular flexibility index (Phi) is 5.22. The lowest BCUT2D eigenvalue weighted by Gasteiger charge is -2.27. The van der Waals surface area contributed by atoms with E-state index in [1.165, 1.54) is 46.8 Å². The van der Waals surface area contributed by atoms with Gasteiger partial charge in [-0.15, -0.1) is 0 Å². The number of unbranched alkanes of at least 4 members (excludes halogenated alkanes) is 1. The number of benzene rings is 2. The van der Waals surface area contributed by atoms with E-state index in [-0.39, 0.29) is 10.8 Å². The molecule has 0 spiro atoms. The summed E-state index contributed by atoms with van der Waals surface area (Å²) in [7, 11) is 2.18. The van der Waals surface area contributed by atoms with Gasteiger partial charge < -0.3 is 4.90 Å². The summed E-state index contributed by atoms with van der Waals surface area (Å²) in [5, 5.41) is 0. The SMILES string of the molecule is CCCCN1C(=CC=CC2=[N+](C)c3ccccc3C2(C)C)C(C)(C)c2ccccc21. The highest BCUT2D eigenvalue weighted by Crippen LogP contribution is 2.47. The number of allylic oxidation sites excluding steroid dienone is 4. The summed E-state index contributed by atoms with van der Waals surface area (Å²) in [6.07, 6.45) is 9.33. The minimum absolute atomic E-state index is 0.0103. The topological polar surface area (TPSA) is 6.25 Å². The van der Waals surface area contributed by atoms with Crippen molar-refractivity contribution in [1.82, 2.24) is 0 Å². The summed E-state index contributed by atoms with van der Waals surface area (Å²) in [5.74, 6) is 0. The Morgan fingerprint density at radius 3 is 2.27 bits per heavy atom. The van der Waals surface area contributed by atoms with Crippen molar-refractivity contribution in [1.29, 1.82) is 0 Å². The van der Waals surface area contributed by atoms with Gasteiger partial charge in [-0.1, -0.05) is 69.7 Å². The predicted octanol–water partition coefficient (Wildman–Crippen LogP) is 6.73. The van der Waals surface area contributed by atoms with Gasteiger partial charge >= 0.3 is 0 Å². The maximum absolute atomic E-state index is 2.53. The van der Waals surface area contributed by atoms with E-state index >= 15 is 0 Å². The second-order valence-electron chi connectivity index (χ2n) is 9.64. The van der Waals surface area contributed by atoms with Crippen LogP contribution in [0.5, 0.6) is 0 Å². The zero-order chi connectivity index (χ0) is 21.5. The van der Waals surface area contributed by atoms with Crippen LogP contribution in [0.4, 0.5) is 11.4 Å². The molecule has 0 unspecified atom stereocenters. The van der Waals surface area contributed by atoms with Crippen LogP contribution in [0.15, 0.2) is 72.5 Å². The van der Waals surface area contributed by atoms with Gasteiger partial charge in [-0.2, -0.15) is 4.58 Å². The first kappa shape index (κ1) is 20.7. The van der Waals surface area contributed by atoms with Crippen LogP contribution in [0.3, 0.4) is 0 Å². The van der Waals surface area contributed by atoms with Crippen LogP contribution < -0.4 is 4.90 Å². The zero-order valence-electron chi connectivity index (χ0n) is 19.4. The average Bonchev–Trinajstić information content (AvgIpc) is 3.06. The Morgan fingerprint density at radius 2 is 1.57 bits per heavy atom. The largest absolute Gasteiger partial charge is 0.344 e. The van der Waals surface area contributed by atoms with Gasteiger partial charge in [-0.3, -0.25) is 0 Å². The van der Waals surface area contributed by atoms with E-state index in [9.17, 15) is 0 Å². The summed E-state index contributed by atoms with van der Waals surface area (Å²) in [4.78, 5) is 2.53. The molecule has 0 N–H and O–H groups in total. The summed E-state index contributed by atoms with van der Waals surface area (Å²) in [5.41, 5.74) is 8.27. The highest BCUT2D eigenvalue weighted by molar-refractivity contribution is 6.03. The highest BCUT2D eigenvalue weighted by atomic mass is 15.2. The van der Waals surface area contributed by atoms with Gasteiger partial charge in [0.2, 0.25) is 5.69 Å². The van der Waals surface area contributed by atoms with Crippen LogP contribution in [0.2, 0.25) is 0 Å². The number of para-hydroxylation sites is 2. The van der Waals surface area contributed by atoms with Crippen LogP contribution in [-0.4, -0.2) is 23.9 Å². The number of anilines is 1. The molecule has 0 radical (unpaired) electrons. The first-order valence-electron chi connectivity index (χ1n) is 11.3. The van der Waals surface area contributed by atoms with E-state index in [1.54, 1.807) is 0 Å². The molecule has 0 aliphatic carbocycles. The standard InChI is InChI=1S/C28H35N2/c1-7-8-20-30-24-17-12-10-15-22(24)28(4,5)26(30)19-13-18-25-27(2,3)21-14-9-11-16-23(21)29(25)6/h9-19H,7-8,20H2,1-6H3/q+1. The van der Waals surface area contributed by atoms with Gasteiger partial charge in [0.1, 0.15) is 7.05 Å². The molecule has 4 rings (SSSR count). The van der Waals surface area contributed by atoms with Crippen molar-refractivity contribution in [2.75, 3.05) is 18.5 Å². The minimum Gasteiger partial charge on any atom is -0.344 e. The van der Waals surface area contributed by atoms with Crippen molar-refractivity contribution in [3.63, 3.8) is 0 Å². The number of rotatable bonds is 5. The van der Waals surface area contributed by atoms with Gasteiger partial charge in [-0.25, -0.2) is 0 Å². The molecular formula is C28H35N2+. The maximum Gasteiger partial charge on any atom is 0.209 e. The number of hydrogen-bond donors (Lipinski definition) is 0. The molecular weight excluding hydrogens is 364 g/mol. The molecule has 0 saturated heterocycles. The molecule has 2 heterocycles. The summed E-state index contributed by atoms with van der Waals surface area (Å²) in [6, 6.07) is 17.6. The maximum atomic E-state index is 2.53. The number of hydrogen-bond acceptors (Lipinski definition) is 1. The normalized spacial score (nSPS) is 20.3. The Labute approximate surface area is 182 Å². The van der Waals surface area contributed by atoms with Crippen molar-refractivity contribution in [3.8, 4) is 0 Å². The van der Waals surface area contributed by atoms with Gasteiger partial charge in [0.15, 0.2) is 5.71 Å². The second kappa shape index (κ2) is 7.58. The average molecular weight is 400 g/mol. The van der Waals surface area contributed by atoms with Crippen LogP contribution in [0.1, 0.15) is 58.6 Å². The summed E-state index contributed by atoms with van der Waals surface area (Å²) < 4.78 is 2.34. The predicted molar refractivity (Wildman–Crippen MR) is 129 cm³/mol. The van der Waals surface area contributed by atoms with Crippen molar-refractivity contribution >= 4 is 17.1 Å². The summed E-state index contributed by atoms with van der Waals surface area (Å²) >= 11 is 0. The molecule has 2 aromatic rings. The third-order valence-corrected chi connectivity index (χ3v) is 6.98. The minimum atomic E-state index is 0.0103. The molecule has 0 saturated carbocycles. The molecule has 2 heteroatoms. The van der Waals surface area contributed by atoms with E-state index in [4.69, 9.17) is 0 Å². The Balaban J connectivity index is 1.71. The fraction of sp³-hybridized carbons (Fsp3) is 0.393. The third-order valence-electron chi connectivity index (χ3n) is 6.98. The first-order chi connectivity index (χ1) is 14.3. The van der Waals surface area contributed by atoms with Crippen molar-refractivity contribution < 1.29 is 4.58 Å². The molecule has 0 amide bonds. The van der Waals surface area contributed by atoms with Crippen LogP contribution in [-0.2, 0) is 10.8 Å². The fourth-order valence-corrected chi connectivity index (χ4v) is 5.23. The van der Waals surface area contributed by atoms with E-state index < -0.39 is 0 Å². The highest BCUT2D eigenvalue weighted by Gasteiger charge is 2.43. The van der Waals surface area contributed by atoms with Crippen LogP contribution in [0.25, 0.3) is 0 Å². The second-order valence-corrected chi connectivity index (χ2v) is 9.64. The van der Waals surface area contributed by atoms with Gasteiger partial charge in [0, 0.05) is 41.1 Å². The quantitative estimate of drug-likeness (QED) is 0.505. The van der Waals surface area contributed by atoms with E-state index in [1.807, 2.05) is 0 Å². The molecule has 0 atom stereocenters. The fourth-order valence-electron chi connectivity index (χ4n) is 5.23. The van der Waals surface area contributed by atoms with E-state index in [0.29, 0.717) is 0 Å². The molecule has 2 aliphatic heterocycles. The van der Waals surface area contributed by atoms with Crippen molar-refractivity contribution in [2.45, 2.75) is 58.3 Å². The Bertz CT molecular complexity index is 1050. The van der Waals surface area contributed by atoms with Crippen molar-refractivity contribution in [3.05, 3.63) is 83.6 Å². The van der Waals surface area contributed by atoms with E-state index in [0.717, 1.165) is 6.54 Å². The van der Waals surface area contributed by atoms with Gasteiger partial charge in [0.25, 0.3) is 0 Å². The molecule has 156 valence electrons. The smallest absolute Gasteiger partial charge is 0.209 e. The zero-order valence-corrected chi connectivity index (χ0v) is 19.4. The van der Waals surface area contributed by atoms with Gasteiger partial charge in [-0.05, 0) is 38.0 Å². The molecule has 2 aliphatic rings. The lowest BCUT2D eigenvalue weighted by atomic mass is 9.81. The molecule has 2 nitrogen and oxygen atoms in total. The molecule has 0 aromatic heterocycles. The molecule has 30 heavy (non-hydrogen) atoms. The van der Waals surface area contributed by atoms with Crippen LogP contribution in [0, 0.1) is 0 Å². The lowest BCUT2D eigenvalue weighted by Crippen LogP contribution is -2.27. The molecule has 0 fully saturated rings. The van der Waals surface area contributed by atoms with Gasteiger partial charge in [0.05, 0.1) is 5.41 Å². The Morgan fingerprint density at radius 1 is 0.900 bits per heavy atom. The van der Waals surface area contributed by atoms with Crippen LogP contribution >= 0.6 is 0 Å². The molecule has 0 bridgehead atoms. The number of nitrogens with zero attached hydrogens (tertiary/aromatic N) is 2. The van der Waals surface area contributed by atoms with E-state index in [2.05, 4.69) is 118 Å². The van der Waals surface area contributed by atoms with Crippen molar-refractivity contribution in [2.24, 2.45) is 0 Å². The monoisotopic (exact) mass is 399 g/mol. The lowest BCUT2D eigenvalue weighted by molar-refractivity contribution is -0.401.